The molecule has 0 saturated carbocycles. The summed E-state index contributed by atoms with van der Waals surface area (Å²) in [7, 11) is 6.06. The molecule has 8 rings (SSSR count). The molecule has 2 unspecified atom stereocenters. The van der Waals surface area contributed by atoms with E-state index in [-0.39, 0.29) is 18.3 Å². The summed E-state index contributed by atoms with van der Waals surface area (Å²) in [5.74, 6) is 0. The minimum absolute atomic E-state index is 0. The molecule has 562 valence electrons. The number of hydrogen-bond acceptors (Lipinski definition) is 2. The summed E-state index contributed by atoms with van der Waals surface area (Å²) in [6.45, 7) is 13.8. The van der Waals surface area contributed by atoms with E-state index in [1.807, 2.05) is 11.3 Å². The van der Waals surface area contributed by atoms with E-state index < -0.39 is 36.8 Å². The maximum atomic E-state index is 3.83. The first kappa shape index (κ1) is 92.5. The molecule has 0 N–H and O–H groups in total. The van der Waals surface area contributed by atoms with Crippen LogP contribution in [0.4, 0.5) is 0 Å². The Balaban J connectivity index is 0.000000346. The van der Waals surface area contributed by atoms with Crippen molar-refractivity contribution in [1.29, 1.82) is 0 Å². The molecule has 0 nitrogen and oxygen atoms in total. The van der Waals surface area contributed by atoms with Crippen LogP contribution in [0.3, 0.4) is 0 Å². The van der Waals surface area contributed by atoms with E-state index in [4.69, 9.17) is 0 Å². The van der Waals surface area contributed by atoms with Crippen molar-refractivity contribution in [1.82, 2.24) is 0 Å². The molecular formula is C91H149Br2P3S2Sn2. The third-order valence-electron chi connectivity index (χ3n) is 21.7. The summed E-state index contributed by atoms with van der Waals surface area (Å²) >= 11 is 8.26. The number of aryl methyl sites for hydroxylation is 2. The van der Waals surface area contributed by atoms with Gasteiger partial charge in [0.15, 0.2) is 0 Å². The molecule has 2 atom stereocenters. The molecule has 0 fully saturated rings. The third kappa shape index (κ3) is 32.0. The molecule has 2 aromatic heterocycles. The zero-order valence-electron chi connectivity index (χ0n) is 65.6. The van der Waals surface area contributed by atoms with E-state index in [1.54, 1.807) is 28.0 Å². The van der Waals surface area contributed by atoms with Gasteiger partial charge in [-0.2, -0.15) is 0 Å². The Morgan fingerprint density at radius 3 is 0.880 bits per heavy atom. The SMILES string of the molecule is C.CCCCCCCCCCCCC1(CCCCCCCCCCCC)c2cc(Br)ccc2-c2ccc(Br)cc21.CCCCCCCCCCCCC1(CCCCCCCCCCCC)c2cc(C)ccc2-c2ccc(-c3ccc(C)s3)cc21.PPP.[CH3][Sn]([CH3])([CH3])[c]1cc[c]([Sn]([CH3])([CH3])[CH3])s1. The van der Waals surface area contributed by atoms with Gasteiger partial charge >= 0.3 is 95.6 Å². The Hall–Kier alpha value is 0.127. The number of rotatable bonds is 47. The molecule has 0 aliphatic heterocycles. The van der Waals surface area contributed by atoms with Crippen molar-refractivity contribution in [3.63, 3.8) is 0 Å². The van der Waals surface area contributed by atoms with E-state index in [0.29, 0.717) is 0 Å². The van der Waals surface area contributed by atoms with Crippen LogP contribution in [-0.4, -0.2) is 36.8 Å². The Bertz CT molecular complexity index is 2980. The van der Waals surface area contributed by atoms with Crippen molar-refractivity contribution in [2.75, 3.05) is 0 Å². The summed E-state index contributed by atoms with van der Waals surface area (Å²) in [5.41, 5.74) is 15.6. The van der Waals surface area contributed by atoms with Gasteiger partial charge in [0.05, 0.1) is 0 Å². The van der Waals surface area contributed by atoms with Crippen molar-refractivity contribution in [2.24, 2.45) is 0 Å². The summed E-state index contributed by atoms with van der Waals surface area (Å²) in [6.07, 6.45) is 61.4. The molecule has 2 heterocycles. The molecule has 0 radical (unpaired) electrons. The Labute approximate surface area is 659 Å². The molecule has 0 saturated heterocycles. The summed E-state index contributed by atoms with van der Waals surface area (Å²) in [6, 6.07) is 38.4. The zero-order chi connectivity index (χ0) is 71.8. The fraction of sp³-hybridized carbons (Fsp3) is 0.648. The fourth-order valence-electron chi connectivity index (χ4n) is 15.9. The van der Waals surface area contributed by atoms with Gasteiger partial charge in [-0.05, 0) is 132 Å². The molecule has 0 bridgehead atoms. The number of thiophene rings is 2. The van der Waals surface area contributed by atoms with Gasteiger partial charge < -0.3 is 0 Å². The molecule has 2 aliphatic carbocycles. The molecule has 100 heavy (non-hydrogen) atoms. The Morgan fingerprint density at radius 1 is 0.330 bits per heavy atom. The molecule has 4 aromatic carbocycles. The maximum absolute atomic E-state index is 3.83. The van der Waals surface area contributed by atoms with E-state index in [0.717, 1.165) is 7.96 Å². The van der Waals surface area contributed by atoms with Crippen molar-refractivity contribution in [3.8, 4) is 32.7 Å². The molecular weight excluding hydrogens is 1650 g/mol. The fourth-order valence-corrected chi connectivity index (χ4v) is 31.6. The van der Waals surface area contributed by atoms with Crippen LogP contribution >= 0.6 is 80.3 Å². The second-order valence-electron chi connectivity index (χ2n) is 32.3. The average molecular weight is 1800 g/mol. The molecule has 6 aromatic rings. The predicted molar refractivity (Wildman–Crippen MR) is 484 cm³/mol. The number of benzene rings is 4. The average Bonchev–Trinajstić information content (AvgIpc) is 1.57. The van der Waals surface area contributed by atoms with Gasteiger partial charge in [-0.1, -0.05) is 380 Å². The van der Waals surface area contributed by atoms with Gasteiger partial charge in [0.2, 0.25) is 0 Å². The number of hydrogen-bond donors (Lipinski definition) is 0. The summed E-state index contributed by atoms with van der Waals surface area (Å²) < 4.78 is 5.94. The van der Waals surface area contributed by atoms with E-state index in [2.05, 4.69) is 229 Å². The third-order valence-corrected chi connectivity index (χ3v) is 43.8. The summed E-state index contributed by atoms with van der Waals surface area (Å²) in [5, 5.41) is 0. The van der Waals surface area contributed by atoms with E-state index in [1.165, 1.54) is 335 Å². The summed E-state index contributed by atoms with van der Waals surface area (Å²) in [4.78, 5) is 17.8. The van der Waals surface area contributed by atoms with E-state index >= 15 is 0 Å². The molecule has 0 amide bonds. The van der Waals surface area contributed by atoms with Gasteiger partial charge in [-0.15, -0.1) is 29.2 Å². The van der Waals surface area contributed by atoms with Crippen LogP contribution in [0.5, 0.6) is 0 Å². The van der Waals surface area contributed by atoms with Gasteiger partial charge in [0.25, 0.3) is 0 Å². The minimum atomic E-state index is -1.74. The van der Waals surface area contributed by atoms with Crippen molar-refractivity contribution in [3.05, 3.63) is 139 Å². The topological polar surface area (TPSA) is 0 Å². The zero-order valence-corrected chi connectivity index (χ0v) is 79.4. The number of unbranched alkanes of at least 4 members (excludes halogenated alkanes) is 36. The first-order valence-electron chi connectivity index (χ1n) is 41.0. The van der Waals surface area contributed by atoms with Crippen LogP contribution in [0.25, 0.3) is 32.7 Å². The second kappa shape index (κ2) is 52.3. The van der Waals surface area contributed by atoms with Crippen molar-refractivity contribution < 1.29 is 0 Å². The monoisotopic (exact) mass is 1800 g/mol. The Morgan fingerprint density at radius 2 is 0.600 bits per heavy atom. The van der Waals surface area contributed by atoms with Crippen LogP contribution in [0.1, 0.15) is 350 Å². The molecule has 0 spiro atoms. The van der Waals surface area contributed by atoms with Crippen LogP contribution in [-0.2, 0) is 10.8 Å². The predicted octanol–water partition coefficient (Wildman–Crippen LogP) is 33.7. The van der Waals surface area contributed by atoms with Crippen LogP contribution in [0, 0.1) is 13.8 Å². The van der Waals surface area contributed by atoms with Gasteiger partial charge in [-0.3, -0.25) is 0 Å². The Kier molecular flexibility index (Phi) is 48.4. The number of halogens is 2. The first-order chi connectivity index (χ1) is 47.8. The van der Waals surface area contributed by atoms with Crippen LogP contribution < -0.4 is 5.79 Å². The second-order valence-corrected chi connectivity index (χ2v) is 71.7. The molecule has 9 heteroatoms. The first-order valence-corrected chi connectivity index (χ1v) is 68.9. The molecule has 2 aliphatic rings. The van der Waals surface area contributed by atoms with Crippen LogP contribution in [0.2, 0.25) is 29.6 Å². The number of fused-ring (bicyclic) bond motifs is 6. The van der Waals surface area contributed by atoms with Gasteiger partial charge in [0.1, 0.15) is 0 Å². The normalized spacial score (nSPS) is 13.1. The van der Waals surface area contributed by atoms with Gasteiger partial charge in [0, 0.05) is 29.5 Å². The van der Waals surface area contributed by atoms with Crippen molar-refractivity contribution >= 4 is 123 Å². The van der Waals surface area contributed by atoms with Crippen LogP contribution in [0.15, 0.2) is 106 Å². The quantitative estimate of drug-likeness (QED) is 0.0203. The standard InChI is InChI=1S/C43H64S.C37H56Br2.C4H2S.CH4.6CH3.H5P3.2Sn/c1-5-7-9-11-13-15-17-19-21-23-31-43(32-24-22-20-18-16-14-12-10-8-6-2)40-33-35(3)25-28-38(40)39-29-27-37(34-41(39)43)42-30-26-36(4)44-42;1-3-5-7-9-11-13-15-17-19-21-27-37(28-22-20-18-16-14-12-10-8-6-4-2)35-29-31(38)23-25-33(35)34-26-24-32(39)30-36(34)37;1-2-4-5-3-1;;;;;;;;1-3-2;;/h25-30,33-34H,5-24,31-32H2,1-4H3;23-26,29-30H,3-22,27-28H2,1-2H3;1-2H;1H4;6*1H3;3H,1-2H2;;. The van der Waals surface area contributed by atoms with Crippen molar-refractivity contribution in [2.45, 2.75) is 372 Å². The van der Waals surface area contributed by atoms with Gasteiger partial charge in [-0.25, -0.2) is 0 Å². The van der Waals surface area contributed by atoms with E-state index in [9.17, 15) is 0 Å².